The molecule has 0 fully saturated rings. The summed E-state index contributed by atoms with van der Waals surface area (Å²) < 4.78 is 1.65. The number of hydrogen-bond donors (Lipinski definition) is 1. The van der Waals surface area contributed by atoms with Gasteiger partial charge in [-0.15, -0.1) is 11.3 Å². The normalized spacial score (nSPS) is 11.2. The summed E-state index contributed by atoms with van der Waals surface area (Å²) in [6.07, 6.45) is 0. The Bertz CT molecular complexity index is 837. The molecule has 6 heteroatoms. The summed E-state index contributed by atoms with van der Waals surface area (Å²) in [5.74, 6) is 1.57. The van der Waals surface area contributed by atoms with E-state index in [4.69, 9.17) is 5.11 Å². The molecule has 3 aromatic rings. The van der Waals surface area contributed by atoms with E-state index < -0.39 is 0 Å². The fraction of sp³-hybridized carbons (Fsp3) is 0.250. The molecule has 0 spiro atoms. The van der Waals surface area contributed by atoms with Crippen LogP contribution in [0.15, 0.2) is 40.5 Å². The van der Waals surface area contributed by atoms with Crippen molar-refractivity contribution >= 4 is 28.1 Å². The van der Waals surface area contributed by atoms with Gasteiger partial charge in [-0.25, -0.2) is 4.98 Å². The molecule has 22 heavy (non-hydrogen) atoms. The van der Waals surface area contributed by atoms with Crippen molar-refractivity contribution in [3.05, 3.63) is 68.6 Å². The van der Waals surface area contributed by atoms with Crippen LogP contribution in [0.3, 0.4) is 0 Å². The van der Waals surface area contributed by atoms with Gasteiger partial charge < -0.3 is 5.11 Å². The Kier molecular flexibility index (Phi) is 4.61. The number of aliphatic hydroxyl groups excluding tert-OH is 1. The molecule has 0 saturated carbocycles. The van der Waals surface area contributed by atoms with E-state index in [1.54, 1.807) is 22.2 Å². The van der Waals surface area contributed by atoms with Crippen molar-refractivity contribution in [1.29, 1.82) is 0 Å². The van der Waals surface area contributed by atoms with E-state index in [0.29, 0.717) is 5.75 Å². The molecule has 0 aliphatic heterocycles. The first kappa shape index (κ1) is 15.3. The molecule has 0 saturated heterocycles. The molecule has 2 heterocycles. The number of aromatic nitrogens is 2. The zero-order valence-electron chi connectivity index (χ0n) is 12.2. The van der Waals surface area contributed by atoms with E-state index in [1.807, 2.05) is 36.6 Å². The Morgan fingerprint density at radius 1 is 1.23 bits per heavy atom. The third kappa shape index (κ3) is 3.24. The number of fused-ring (bicyclic) bond motifs is 1. The number of aliphatic hydroxyl groups is 1. The summed E-state index contributed by atoms with van der Waals surface area (Å²) in [6, 6.07) is 9.52. The van der Waals surface area contributed by atoms with Crippen LogP contribution < -0.4 is 5.56 Å². The van der Waals surface area contributed by atoms with Crippen LogP contribution in [0.25, 0.3) is 4.96 Å². The molecular weight excluding hydrogens is 316 g/mol. The standard InChI is InChI=1S/C16H16N2O2S2/c1-11-8-22-16-17-14(6-15(20)18(11)16)10-21-9-13-4-2-12(7-19)3-5-13/h2-6,8,19H,7,9-10H2,1H3. The average molecular weight is 332 g/mol. The minimum atomic E-state index is -0.00773. The number of hydrogen-bond acceptors (Lipinski definition) is 5. The maximum atomic E-state index is 12.1. The van der Waals surface area contributed by atoms with Crippen LogP contribution in [-0.4, -0.2) is 14.5 Å². The second-order valence-corrected chi connectivity index (χ2v) is 6.87. The van der Waals surface area contributed by atoms with E-state index >= 15 is 0 Å². The van der Waals surface area contributed by atoms with Crippen molar-refractivity contribution in [2.75, 3.05) is 0 Å². The zero-order chi connectivity index (χ0) is 15.5. The number of benzene rings is 1. The average Bonchev–Trinajstić information content (AvgIpc) is 2.90. The minimum absolute atomic E-state index is 0.00773. The molecule has 4 nitrogen and oxygen atoms in total. The molecule has 114 valence electrons. The van der Waals surface area contributed by atoms with E-state index in [1.165, 1.54) is 16.9 Å². The number of nitrogens with zero attached hydrogens (tertiary/aromatic N) is 2. The zero-order valence-corrected chi connectivity index (χ0v) is 13.8. The van der Waals surface area contributed by atoms with Crippen LogP contribution in [0.4, 0.5) is 0 Å². The predicted molar refractivity (Wildman–Crippen MR) is 91.4 cm³/mol. The third-order valence-corrected chi connectivity index (χ3v) is 5.33. The smallest absolute Gasteiger partial charge is 0.258 e. The highest BCUT2D eigenvalue weighted by Crippen LogP contribution is 2.18. The monoisotopic (exact) mass is 332 g/mol. The predicted octanol–water partition coefficient (Wildman–Crippen LogP) is 2.99. The second-order valence-electron chi connectivity index (χ2n) is 5.05. The van der Waals surface area contributed by atoms with Crippen LogP contribution in [0.2, 0.25) is 0 Å². The number of thiazole rings is 1. The van der Waals surface area contributed by atoms with Gasteiger partial charge in [-0.1, -0.05) is 24.3 Å². The molecular formula is C16H16N2O2S2. The Labute approximate surface area is 136 Å². The van der Waals surface area contributed by atoms with E-state index in [9.17, 15) is 4.79 Å². The van der Waals surface area contributed by atoms with Gasteiger partial charge in [0.15, 0.2) is 4.96 Å². The fourth-order valence-corrected chi connectivity index (χ4v) is 3.97. The molecule has 0 aliphatic carbocycles. The Morgan fingerprint density at radius 2 is 1.95 bits per heavy atom. The van der Waals surface area contributed by atoms with Gasteiger partial charge in [-0.3, -0.25) is 9.20 Å². The van der Waals surface area contributed by atoms with Crippen LogP contribution in [-0.2, 0) is 18.1 Å². The highest BCUT2D eigenvalue weighted by molar-refractivity contribution is 7.97. The number of aryl methyl sites for hydroxylation is 1. The molecule has 3 rings (SSSR count). The highest BCUT2D eigenvalue weighted by atomic mass is 32.2. The largest absolute Gasteiger partial charge is 0.392 e. The summed E-state index contributed by atoms with van der Waals surface area (Å²) in [5.41, 5.74) is 3.87. The number of thioether (sulfide) groups is 1. The van der Waals surface area contributed by atoms with Gasteiger partial charge >= 0.3 is 0 Å². The summed E-state index contributed by atoms with van der Waals surface area (Å²) in [6.45, 7) is 1.98. The number of rotatable bonds is 5. The Balaban J connectivity index is 1.67. The van der Waals surface area contributed by atoms with Gasteiger partial charge in [-0.05, 0) is 18.1 Å². The molecule has 1 N–H and O–H groups in total. The highest BCUT2D eigenvalue weighted by Gasteiger charge is 2.06. The van der Waals surface area contributed by atoms with Crippen molar-refractivity contribution in [3.63, 3.8) is 0 Å². The van der Waals surface area contributed by atoms with Crippen molar-refractivity contribution < 1.29 is 5.11 Å². The van der Waals surface area contributed by atoms with Crippen molar-refractivity contribution in [2.24, 2.45) is 0 Å². The van der Waals surface area contributed by atoms with Gasteiger partial charge in [0.1, 0.15) is 0 Å². The first-order valence-electron chi connectivity index (χ1n) is 6.90. The maximum Gasteiger partial charge on any atom is 0.258 e. The third-order valence-electron chi connectivity index (χ3n) is 3.35. The minimum Gasteiger partial charge on any atom is -0.392 e. The molecule has 1 aromatic carbocycles. The Hall–Kier alpha value is -1.63. The lowest BCUT2D eigenvalue weighted by atomic mass is 10.2. The summed E-state index contributed by atoms with van der Waals surface area (Å²) in [7, 11) is 0. The summed E-state index contributed by atoms with van der Waals surface area (Å²) >= 11 is 3.22. The van der Waals surface area contributed by atoms with Gasteiger partial charge in [0.25, 0.3) is 5.56 Å². The lowest BCUT2D eigenvalue weighted by molar-refractivity contribution is 0.282. The summed E-state index contributed by atoms with van der Waals surface area (Å²) in [4.78, 5) is 17.4. The Morgan fingerprint density at radius 3 is 2.68 bits per heavy atom. The summed E-state index contributed by atoms with van der Waals surface area (Å²) in [5, 5.41) is 11.0. The van der Waals surface area contributed by atoms with Crippen molar-refractivity contribution in [3.8, 4) is 0 Å². The van der Waals surface area contributed by atoms with Crippen molar-refractivity contribution in [1.82, 2.24) is 9.38 Å². The van der Waals surface area contributed by atoms with E-state index in [2.05, 4.69) is 4.98 Å². The fourth-order valence-electron chi connectivity index (χ4n) is 2.19. The van der Waals surface area contributed by atoms with Crippen LogP contribution >= 0.6 is 23.1 Å². The molecule has 0 bridgehead atoms. The molecule has 0 amide bonds. The SMILES string of the molecule is Cc1csc2nc(CSCc3ccc(CO)cc3)cc(=O)n12. The molecule has 0 unspecified atom stereocenters. The van der Waals surface area contributed by atoms with Crippen LogP contribution in [0, 0.1) is 6.92 Å². The molecule has 0 atom stereocenters. The van der Waals surface area contributed by atoms with E-state index in [0.717, 1.165) is 27.7 Å². The molecule has 0 radical (unpaired) electrons. The molecule has 2 aromatic heterocycles. The van der Waals surface area contributed by atoms with Gasteiger partial charge in [-0.2, -0.15) is 11.8 Å². The maximum absolute atomic E-state index is 12.1. The van der Waals surface area contributed by atoms with Gasteiger partial charge in [0, 0.05) is 28.6 Å². The molecule has 0 aliphatic rings. The lowest BCUT2D eigenvalue weighted by Gasteiger charge is -2.04. The second kappa shape index (κ2) is 6.64. The quantitative estimate of drug-likeness (QED) is 0.780. The lowest BCUT2D eigenvalue weighted by Crippen LogP contribution is -2.14. The van der Waals surface area contributed by atoms with E-state index in [-0.39, 0.29) is 12.2 Å². The van der Waals surface area contributed by atoms with Gasteiger partial charge in [0.2, 0.25) is 0 Å². The van der Waals surface area contributed by atoms with Gasteiger partial charge in [0.05, 0.1) is 12.3 Å². The first-order chi connectivity index (χ1) is 10.7. The van der Waals surface area contributed by atoms with Crippen molar-refractivity contribution in [2.45, 2.75) is 25.0 Å². The van der Waals surface area contributed by atoms with Crippen LogP contribution in [0.1, 0.15) is 22.5 Å². The van der Waals surface area contributed by atoms with Crippen LogP contribution in [0.5, 0.6) is 0 Å². The topological polar surface area (TPSA) is 54.6 Å². The first-order valence-corrected chi connectivity index (χ1v) is 8.94.